The van der Waals surface area contributed by atoms with E-state index in [2.05, 4.69) is 20.3 Å². The molecule has 0 radical (unpaired) electrons. The second-order valence-electron chi connectivity index (χ2n) is 8.62. The molecule has 3 aromatic rings. The van der Waals surface area contributed by atoms with Gasteiger partial charge in [-0.3, -0.25) is 19.1 Å². The molecular formula is C24H30N6O8. The van der Waals surface area contributed by atoms with E-state index in [0.29, 0.717) is 0 Å². The zero-order valence-electron chi connectivity index (χ0n) is 21.2. The lowest BCUT2D eigenvalue weighted by molar-refractivity contribution is -0.158. The SMILES string of the molecule is CC(=O)OCC(COC(=O)C(NC(=O)OCc1ccccc1)C(C)C)OCn1cnc2c(=O)[nH]c(N)nc21. The minimum absolute atomic E-state index is 0.0418. The van der Waals surface area contributed by atoms with Crippen molar-refractivity contribution in [1.82, 2.24) is 24.8 Å². The van der Waals surface area contributed by atoms with Crippen molar-refractivity contribution in [2.45, 2.75) is 46.3 Å². The Hall–Kier alpha value is -4.46. The molecular weight excluding hydrogens is 500 g/mol. The van der Waals surface area contributed by atoms with Crippen LogP contribution in [0.25, 0.3) is 11.2 Å². The number of hydrogen-bond acceptors (Lipinski definition) is 11. The fraction of sp³-hybridized carbons (Fsp3) is 0.417. The van der Waals surface area contributed by atoms with E-state index in [0.717, 1.165) is 5.56 Å². The Morgan fingerprint density at radius 1 is 1.11 bits per heavy atom. The number of carbonyl (C=O) groups is 3. The molecule has 38 heavy (non-hydrogen) atoms. The van der Waals surface area contributed by atoms with E-state index in [1.165, 1.54) is 17.8 Å². The Morgan fingerprint density at radius 2 is 1.82 bits per heavy atom. The van der Waals surface area contributed by atoms with Crippen LogP contribution in [0.1, 0.15) is 26.3 Å². The van der Waals surface area contributed by atoms with Crippen molar-refractivity contribution in [2.24, 2.45) is 5.92 Å². The van der Waals surface area contributed by atoms with Crippen molar-refractivity contribution in [1.29, 1.82) is 0 Å². The van der Waals surface area contributed by atoms with E-state index in [4.69, 9.17) is 24.7 Å². The van der Waals surface area contributed by atoms with Crippen LogP contribution in [0.15, 0.2) is 41.5 Å². The Kier molecular flexibility index (Phi) is 9.76. The molecule has 2 atom stereocenters. The fourth-order valence-corrected chi connectivity index (χ4v) is 3.26. The van der Waals surface area contributed by atoms with Crippen molar-refractivity contribution in [2.75, 3.05) is 18.9 Å². The summed E-state index contributed by atoms with van der Waals surface area (Å²) in [5.41, 5.74) is 6.15. The first kappa shape index (κ1) is 28.1. The Balaban J connectivity index is 1.59. The van der Waals surface area contributed by atoms with Crippen LogP contribution in [0.3, 0.4) is 0 Å². The van der Waals surface area contributed by atoms with Gasteiger partial charge in [-0.2, -0.15) is 4.98 Å². The molecule has 0 aliphatic rings. The van der Waals surface area contributed by atoms with Crippen molar-refractivity contribution in [3.63, 3.8) is 0 Å². The number of imidazole rings is 1. The number of ether oxygens (including phenoxy) is 4. The number of nitrogen functional groups attached to an aromatic ring is 1. The highest BCUT2D eigenvalue weighted by Crippen LogP contribution is 2.10. The number of aromatic nitrogens is 4. The second kappa shape index (κ2) is 13.2. The number of hydrogen-bond donors (Lipinski definition) is 3. The molecule has 0 spiro atoms. The van der Waals surface area contributed by atoms with E-state index in [-0.39, 0.29) is 49.6 Å². The number of alkyl carbamates (subject to hydrolysis) is 1. The van der Waals surface area contributed by atoms with Crippen LogP contribution in [0.2, 0.25) is 0 Å². The van der Waals surface area contributed by atoms with Gasteiger partial charge in [-0.15, -0.1) is 0 Å². The van der Waals surface area contributed by atoms with Crippen molar-refractivity contribution < 1.29 is 33.3 Å². The molecule has 0 saturated heterocycles. The molecule has 204 valence electrons. The van der Waals surface area contributed by atoms with Gasteiger partial charge in [0.25, 0.3) is 5.56 Å². The van der Waals surface area contributed by atoms with Crippen LogP contribution in [0.4, 0.5) is 10.7 Å². The van der Waals surface area contributed by atoms with Gasteiger partial charge in [0.05, 0.1) is 6.33 Å². The van der Waals surface area contributed by atoms with Gasteiger partial charge in [-0.05, 0) is 11.5 Å². The number of amides is 1. The van der Waals surface area contributed by atoms with Crippen LogP contribution in [0.5, 0.6) is 0 Å². The van der Waals surface area contributed by atoms with Gasteiger partial charge < -0.3 is 30.0 Å². The predicted octanol–water partition coefficient (Wildman–Crippen LogP) is 1.10. The lowest BCUT2D eigenvalue weighted by Crippen LogP contribution is -2.46. The maximum absolute atomic E-state index is 12.8. The molecule has 0 aliphatic heterocycles. The first-order valence-corrected chi connectivity index (χ1v) is 11.7. The summed E-state index contributed by atoms with van der Waals surface area (Å²) in [6.45, 7) is 4.07. The third kappa shape index (κ3) is 8.03. The van der Waals surface area contributed by atoms with Gasteiger partial charge in [0.15, 0.2) is 11.2 Å². The smallest absolute Gasteiger partial charge is 0.408 e. The molecule has 2 heterocycles. The average molecular weight is 531 g/mol. The molecule has 14 heteroatoms. The summed E-state index contributed by atoms with van der Waals surface area (Å²) in [6.07, 6.45) is -0.315. The van der Waals surface area contributed by atoms with Crippen LogP contribution in [-0.2, 0) is 41.9 Å². The number of nitrogens with zero attached hydrogens (tertiary/aromatic N) is 3. The Bertz CT molecular complexity index is 1310. The van der Waals surface area contributed by atoms with Gasteiger partial charge >= 0.3 is 18.0 Å². The second-order valence-corrected chi connectivity index (χ2v) is 8.62. The maximum atomic E-state index is 12.8. The quantitative estimate of drug-likeness (QED) is 0.224. The van der Waals surface area contributed by atoms with E-state index in [9.17, 15) is 19.2 Å². The highest BCUT2D eigenvalue weighted by Gasteiger charge is 2.28. The lowest BCUT2D eigenvalue weighted by atomic mass is 10.1. The molecule has 0 bridgehead atoms. The van der Waals surface area contributed by atoms with Crippen molar-refractivity contribution in [3.05, 3.63) is 52.6 Å². The zero-order valence-corrected chi connectivity index (χ0v) is 21.2. The number of nitrogens with one attached hydrogen (secondary N) is 2. The third-order valence-electron chi connectivity index (χ3n) is 5.23. The molecule has 2 aromatic heterocycles. The van der Waals surface area contributed by atoms with E-state index >= 15 is 0 Å². The molecule has 1 amide bonds. The van der Waals surface area contributed by atoms with Gasteiger partial charge in [0.2, 0.25) is 5.95 Å². The summed E-state index contributed by atoms with van der Waals surface area (Å²) in [5.74, 6) is -1.68. The van der Waals surface area contributed by atoms with Crippen LogP contribution in [0, 0.1) is 5.92 Å². The summed E-state index contributed by atoms with van der Waals surface area (Å²) in [5, 5.41) is 2.52. The molecule has 2 unspecified atom stereocenters. The van der Waals surface area contributed by atoms with Crippen LogP contribution >= 0.6 is 0 Å². The Morgan fingerprint density at radius 3 is 2.50 bits per heavy atom. The summed E-state index contributed by atoms with van der Waals surface area (Å²) < 4.78 is 22.8. The molecule has 0 aliphatic carbocycles. The maximum Gasteiger partial charge on any atom is 0.408 e. The molecule has 1 aromatic carbocycles. The van der Waals surface area contributed by atoms with Gasteiger partial charge in [-0.1, -0.05) is 44.2 Å². The molecule has 3 rings (SSSR count). The number of fused-ring (bicyclic) bond motifs is 1. The topological polar surface area (TPSA) is 190 Å². The van der Waals surface area contributed by atoms with E-state index in [1.54, 1.807) is 26.0 Å². The molecule has 4 N–H and O–H groups in total. The molecule has 0 fully saturated rings. The highest BCUT2D eigenvalue weighted by atomic mass is 16.6. The number of esters is 2. The molecule has 0 saturated carbocycles. The number of anilines is 1. The summed E-state index contributed by atoms with van der Waals surface area (Å²) in [7, 11) is 0. The largest absolute Gasteiger partial charge is 0.463 e. The number of rotatable bonds is 12. The number of H-pyrrole nitrogens is 1. The normalized spacial score (nSPS) is 12.6. The summed E-state index contributed by atoms with van der Waals surface area (Å²) in [6, 6.07) is 8.10. The van der Waals surface area contributed by atoms with Crippen LogP contribution < -0.4 is 16.6 Å². The van der Waals surface area contributed by atoms with E-state index < -0.39 is 35.7 Å². The zero-order chi connectivity index (χ0) is 27.7. The fourth-order valence-electron chi connectivity index (χ4n) is 3.26. The third-order valence-corrected chi connectivity index (χ3v) is 5.23. The standard InChI is InChI=1S/C24H30N6O8/c1-14(2)18(27-24(34)37-9-16-7-5-4-6-8-16)22(33)36-11-17(10-35-15(3)31)38-13-30-12-26-19-20(30)28-23(25)29-21(19)32/h4-8,12,14,17-18H,9-11,13H2,1-3H3,(H,27,34)(H3,25,28,29,32). The monoisotopic (exact) mass is 530 g/mol. The Labute approximate surface area is 217 Å². The van der Waals surface area contributed by atoms with Gasteiger partial charge in [-0.25, -0.2) is 14.6 Å². The van der Waals surface area contributed by atoms with Crippen molar-refractivity contribution >= 4 is 35.1 Å². The predicted molar refractivity (Wildman–Crippen MR) is 133 cm³/mol. The van der Waals surface area contributed by atoms with Crippen LogP contribution in [-0.4, -0.2) is 62.9 Å². The number of carbonyl (C=O) groups excluding carboxylic acids is 3. The van der Waals surface area contributed by atoms with E-state index in [1.807, 2.05) is 18.2 Å². The lowest BCUT2D eigenvalue weighted by Gasteiger charge is -2.23. The minimum atomic E-state index is -0.996. The highest BCUT2D eigenvalue weighted by molar-refractivity contribution is 5.81. The summed E-state index contributed by atoms with van der Waals surface area (Å²) in [4.78, 5) is 58.7. The first-order chi connectivity index (χ1) is 18.1. The number of benzene rings is 1. The van der Waals surface area contributed by atoms with Gasteiger partial charge in [0.1, 0.15) is 38.7 Å². The molecule has 14 nitrogen and oxygen atoms in total. The first-order valence-electron chi connectivity index (χ1n) is 11.7. The number of nitrogens with two attached hydrogens (primary N) is 1. The van der Waals surface area contributed by atoms with Crippen molar-refractivity contribution in [3.8, 4) is 0 Å². The number of aromatic amines is 1. The summed E-state index contributed by atoms with van der Waals surface area (Å²) >= 11 is 0. The minimum Gasteiger partial charge on any atom is -0.463 e. The average Bonchev–Trinajstić information content (AvgIpc) is 3.28. The van der Waals surface area contributed by atoms with Gasteiger partial charge in [0, 0.05) is 6.92 Å².